The molecular weight excluding hydrogens is 313 g/mol. The van der Waals surface area contributed by atoms with E-state index in [1.54, 1.807) is 18.2 Å². The van der Waals surface area contributed by atoms with Crippen LogP contribution in [0.25, 0.3) is 0 Å². The molecule has 6 nitrogen and oxygen atoms in total. The molecule has 0 bridgehead atoms. The zero-order chi connectivity index (χ0) is 17.1. The molecule has 0 saturated carbocycles. The summed E-state index contributed by atoms with van der Waals surface area (Å²) in [7, 11) is 0. The minimum Gasteiger partial charge on any atom is -0.447 e. The van der Waals surface area contributed by atoms with Crippen molar-refractivity contribution in [1.29, 1.82) is 0 Å². The summed E-state index contributed by atoms with van der Waals surface area (Å²) in [5, 5.41) is 2.80. The summed E-state index contributed by atoms with van der Waals surface area (Å²) in [4.78, 5) is 29.3. The number of nitrogens with zero attached hydrogens (tertiary/aromatic N) is 2. The van der Waals surface area contributed by atoms with Gasteiger partial charge in [-0.1, -0.05) is 6.07 Å². The topological polar surface area (TPSA) is 71.5 Å². The molecule has 1 aliphatic heterocycles. The van der Waals surface area contributed by atoms with Gasteiger partial charge in [-0.25, -0.2) is 9.18 Å². The second-order valence-corrected chi connectivity index (χ2v) is 5.41. The highest BCUT2D eigenvalue weighted by Gasteiger charge is 2.25. The maximum Gasteiger partial charge on any atom is 0.414 e. The number of ether oxygens (including phenoxy) is 1. The summed E-state index contributed by atoms with van der Waals surface area (Å²) >= 11 is 0. The highest BCUT2D eigenvalue weighted by atomic mass is 19.1. The van der Waals surface area contributed by atoms with Crippen LogP contribution >= 0.6 is 0 Å². The van der Waals surface area contributed by atoms with E-state index >= 15 is 0 Å². The van der Waals surface area contributed by atoms with E-state index in [2.05, 4.69) is 10.3 Å². The zero-order valence-corrected chi connectivity index (χ0v) is 13.1. The fraction of sp³-hybridized carbons (Fsp3) is 0.235. The highest BCUT2D eigenvalue weighted by Crippen LogP contribution is 2.28. The van der Waals surface area contributed by atoms with Crippen molar-refractivity contribution >= 4 is 23.4 Å². The molecule has 0 unspecified atom stereocenters. The van der Waals surface area contributed by atoms with Crippen LogP contribution in [0.2, 0.25) is 0 Å². The van der Waals surface area contributed by atoms with Crippen molar-refractivity contribution in [2.24, 2.45) is 0 Å². The van der Waals surface area contributed by atoms with E-state index in [4.69, 9.17) is 4.74 Å². The number of nitrogens with one attached hydrogen (secondary N) is 1. The molecule has 3 rings (SSSR count). The Hall–Kier alpha value is -2.96. The first-order chi connectivity index (χ1) is 11.5. The second-order valence-electron chi connectivity index (χ2n) is 5.41. The molecule has 2 heterocycles. The number of benzene rings is 1. The lowest BCUT2D eigenvalue weighted by molar-refractivity contribution is -0.115. The van der Waals surface area contributed by atoms with Gasteiger partial charge in [0.05, 0.1) is 24.8 Å². The van der Waals surface area contributed by atoms with Crippen molar-refractivity contribution in [1.82, 2.24) is 4.98 Å². The molecule has 1 aliphatic rings. The number of aromatic nitrogens is 1. The number of hydrogen-bond donors (Lipinski definition) is 1. The van der Waals surface area contributed by atoms with Crippen LogP contribution < -0.4 is 10.2 Å². The number of pyridine rings is 1. The maximum atomic E-state index is 12.8. The number of carbonyl (C=O) groups is 2. The molecule has 1 saturated heterocycles. The maximum absolute atomic E-state index is 12.8. The Labute approximate surface area is 138 Å². The summed E-state index contributed by atoms with van der Waals surface area (Å²) < 4.78 is 17.8. The number of cyclic esters (lactones) is 1. The fourth-order valence-electron chi connectivity index (χ4n) is 2.53. The Balaban J connectivity index is 1.74. The van der Waals surface area contributed by atoms with Gasteiger partial charge in [-0.05, 0) is 36.8 Å². The minimum atomic E-state index is -0.444. The minimum absolute atomic E-state index is 0.0374. The predicted molar refractivity (Wildman–Crippen MR) is 86.4 cm³/mol. The predicted octanol–water partition coefficient (Wildman–Crippen LogP) is 2.67. The molecule has 1 fully saturated rings. The summed E-state index contributed by atoms with van der Waals surface area (Å²) in [6.07, 6.45) is 0.723. The van der Waals surface area contributed by atoms with Crippen molar-refractivity contribution in [3.8, 4) is 0 Å². The number of amides is 2. The van der Waals surface area contributed by atoms with Crippen LogP contribution in [-0.2, 0) is 16.0 Å². The number of halogens is 1. The van der Waals surface area contributed by atoms with Crippen molar-refractivity contribution in [2.45, 2.75) is 13.3 Å². The molecule has 24 heavy (non-hydrogen) atoms. The van der Waals surface area contributed by atoms with Gasteiger partial charge in [0.25, 0.3) is 0 Å². The Bertz CT molecular complexity index is 777. The van der Waals surface area contributed by atoms with Crippen LogP contribution in [0.15, 0.2) is 36.5 Å². The first-order valence-corrected chi connectivity index (χ1v) is 7.49. The standard InChI is InChI=1S/C17H16FN3O3/c1-11-14(3-2-4-15(11)21-7-8-24-17(21)23)20-16(22)9-13-6-5-12(18)10-19-13/h2-6,10H,7-9H2,1H3,(H,20,22). The van der Waals surface area contributed by atoms with Gasteiger partial charge in [0.1, 0.15) is 12.4 Å². The van der Waals surface area contributed by atoms with E-state index in [1.807, 2.05) is 6.92 Å². The average Bonchev–Trinajstić information content (AvgIpc) is 2.98. The Morgan fingerprint density at radius 3 is 2.88 bits per heavy atom. The number of rotatable bonds is 4. The second kappa shape index (κ2) is 6.66. The van der Waals surface area contributed by atoms with Gasteiger partial charge >= 0.3 is 6.09 Å². The van der Waals surface area contributed by atoms with Gasteiger partial charge in [-0.15, -0.1) is 0 Å². The molecule has 124 valence electrons. The molecule has 0 spiro atoms. The third kappa shape index (κ3) is 3.34. The molecule has 1 aromatic carbocycles. The van der Waals surface area contributed by atoms with Crippen LogP contribution in [0, 0.1) is 12.7 Å². The van der Waals surface area contributed by atoms with Crippen LogP contribution in [0.4, 0.5) is 20.6 Å². The van der Waals surface area contributed by atoms with Gasteiger partial charge in [-0.2, -0.15) is 0 Å². The van der Waals surface area contributed by atoms with E-state index < -0.39 is 11.9 Å². The third-order valence-corrected chi connectivity index (χ3v) is 3.76. The third-order valence-electron chi connectivity index (χ3n) is 3.76. The largest absolute Gasteiger partial charge is 0.447 e. The lowest BCUT2D eigenvalue weighted by Crippen LogP contribution is -2.25. The molecule has 0 atom stereocenters. The first kappa shape index (κ1) is 15.9. The molecular formula is C17H16FN3O3. The van der Waals surface area contributed by atoms with E-state index in [9.17, 15) is 14.0 Å². The lowest BCUT2D eigenvalue weighted by Gasteiger charge is -2.18. The van der Waals surface area contributed by atoms with Crippen LogP contribution in [0.5, 0.6) is 0 Å². The van der Waals surface area contributed by atoms with E-state index in [0.717, 1.165) is 11.8 Å². The first-order valence-electron chi connectivity index (χ1n) is 7.49. The Kier molecular flexibility index (Phi) is 4.41. The zero-order valence-electron chi connectivity index (χ0n) is 13.1. The van der Waals surface area contributed by atoms with Crippen molar-refractivity contribution in [3.63, 3.8) is 0 Å². The van der Waals surface area contributed by atoms with Crippen LogP contribution in [0.3, 0.4) is 0 Å². The van der Waals surface area contributed by atoms with Gasteiger partial charge in [0.2, 0.25) is 5.91 Å². The summed E-state index contributed by atoms with van der Waals surface area (Å²) in [6.45, 7) is 2.66. The van der Waals surface area contributed by atoms with Crippen molar-refractivity contribution in [2.75, 3.05) is 23.4 Å². The summed E-state index contributed by atoms with van der Waals surface area (Å²) in [5.74, 6) is -0.710. The number of hydrogen-bond acceptors (Lipinski definition) is 4. The quantitative estimate of drug-likeness (QED) is 0.936. The Morgan fingerprint density at radius 1 is 1.38 bits per heavy atom. The van der Waals surface area contributed by atoms with Gasteiger partial charge in [-0.3, -0.25) is 14.7 Å². The monoisotopic (exact) mass is 329 g/mol. The fourth-order valence-corrected chi connectivity index (χ4v) is 2.53. The van der Waals surface area contributed by atoms with E-state index in [1.165, 1.54) is 17.0 Å². The van der Waals surface area contributed by atoms with Crippen molar-refractivity contribution < 1.29 is 18.7 Å². The van der Waals surface area contributed by atoms with Gasteiger partial charge in [0.15, 0.2) is 0 Å². The number of carbonyl (C=O) groups excluding carboxylic acids is 2. The average molecular weight is 329 g/mol. The SMILES string of the molecule is Cc1c(NC(=O)Cc2ccc(F)cn2)cccc1N1CCOC1=O. The lowest BCUT2D eigenvalue weighted by atomic mass is 10.1. The molecule has 2 amide bonds. The molecule has 0 radical (unpaired) electrons. The molecule has 0 aliphatic carbocycles. The van der Waals surface area contributed by atoms with Gasteiger partial charge in [0, 0.05) is 11.4 Å². The number of anilines is 2. The van der Waals surface area contributed by atoms with E-state index in [0.29, 0.717) is 30.2 Å². The molecule has 2 aromatic rings. The molecule has 7 heteroatoms. The van der Waals surface area contributed by atoms with Crippen molar-refractivity contribution in [3.05, 3.63) is 53.6 Å². The summed E-state index contributed by atoms with van der Waals surface area (Å²) in [5.41, 5.74) is 2.57. The Morgan fingerprint density at radius 2 is 2.21 bits per heavy atom. The normalized spacial score (nSPS) is 13.8. The highest BCUT2D eigenvalue weighted by molar-refractivity contribution is 5.96. The van der Waals surface area contributed by atoms with Crippen LogP contribution in [-0.4, -0.2) is 30.1 Å². The van der Waals surface area contributed by atoms with Gasteiger partial charge < -0.3 is 10.1 Å². The molecule has 1 aromatic heterocycles. The van der Waals surface area contributed by atoms with E-state index in [-0.39, 0.29) is 12.3 Å². The summed E-state index contributed by atoms with van der Waals surface area (Å²) in [6, 6.07) is 8.06. The van der Waals surface area contributed by atoms with Crippen LogP contribution in [0.1, 0.15) is 11.3 Å². The smallest absolute Gasteiger partial charge is 0.414 e. The molecule has 1 N–H and O–H groups in total.